The van der Waals surface area contributed by atoms with E-state index in [0.29, 0.717) is 17.6 Å². The first-order valence-electron chi connectivity index (χ1n) is 21.2. The van der Waals surface area contributed by atoms with E-state index in [9.17, 15) is 0 Å². The van der Waals surface area contributed by atoms with E-state index in [1.807, 2.05) is 24.3 Å². The standard InChI is InChI=1S/C57H35N5O/c1-3-15-36(16-4-1)38-19-13-21-40(33-38)55-58-56(41-29-30-45-44-24-9-12-28-51(44)63-52(45)35-41)60-57(59-55)62-49-27-11-8-25-47(49)53-50(62)32-31-46-43-23-7-10-26-48(43)61(54(46)53)42-22-14-20-39(34-42)37-17-5-2-6-18-37/h1-35H. The molecule has 6 nitrogen and oxygen atoms in total. The quantitative estimate of drug-likeness (QED) is 0.168. The topological polar surface area (TPSA) is 61.7 Å². The zero-order chi connectivity index (χ0) is 41.4. The first kappa shape index (κ1) is 35.2. The fraction of sp³-hybridized carbons (Fsp3) is 0. The molecule has 0 atom stereocenters. The van der Waals surface area contributed by atoms with E-state index < -0.39 is 0 Å². The zero-order valence-corrected chi connectivity index (χ0v) is 33.9. The number of fused-ring (bicyclic) bond motifs is 10. The molecule has 0 bridgehead atoms. The second kappa shape index (κ2) is 14.0. The maximum atomic E-state index is 6.38. The SMILES string of the molecule is c1ccc(-c2cccc(-c3nc(-c4ccc5c(c4)oc4ccccc45)nc(-n4c5ccccc5c5c4ccc4c6ccccc6n(-c6cccc(-c7ccccc7)c6)c45)n3)c2)cc1. The number of hydrogen-bond acceptors (Lipinski definition) is 4. The van der Waals surface area contributed by atoms with Crippen LogP contribution in [0.25, 0.3) is 122 Å². The van der Waals surface area contributed by atoms with E-state index in [1.54, 1.807) is 0 Å². The van der Waals surface area contributed by atoms with Crippen molar-refractivity contribution in [1.29, 1.82) is 0 Å². The van der Waals surface area contributed by atoms with Crippen molar-refractivity contribution in [3.63, 3.8) is 0 Å². The van der Waals surface area contributed by atoms with Crippen molar-refractivity contribution in [1.82, 2.24) is 24.1 Å². The Morgan fingerprint density at radius 1 is 0.317 bits per heavy atom. The summed E-state index contributed by atoms with van der Waals surface area (Å²) in [5.74, 6) is 1.67. The highest BCUT2D eigenvalue weighted by atomic mass is 16.3. The third kappa shape index (κ3) is 5.62. The second-order valence-corrected chi connectivity index (χ2v) is 16.0. The van der Waals surface area contributed by atoms with Gasteiger partial charge in [-0.2, -0.15) is 9.97 Å². The van der Waals surface area contributed by atoms with Gasteiger partial charge in [-0.1, -0.05) is 158 Å². The van der Waals surface area contributed by atoms with Crippen LogP contribution in [0.2, 0.25) is 0 Å². The molecule has 0 aliphatic carbocycles. The van der Waals surface area contributed by atoms with Gasteiger partial charge >= 0.3 is 0 Å². The molecule has 4 heterocycles. The molecule has 0 unspecified atom stereocenters. The number of hydrogen-bond donors (Lipinski definition) is 0. The minimum absolute atomic E-state index is 0.532. The monoisotopic (exact) mass is 805 g/mol. The summed E-state index contributed by atoms with van der Waals surface area (Å²) in [5, 5.41) is 6.74. The molecule has 13 aromatic rings. The molecule has 13 rings (SSSR count). The second-order valence-electron chi connectivity index (χ2n) is 16.0. The fourth-order valence-corrected chi connectivity index (χ4v) is 9.50. The number of furan rings is 1. The number of rotatable bonds is 6. The summed E-state index contributed by atoms with van der Waals surface area (Å²) < 4.78 is 11.0. The summed E-state index contributed by atoms with van der Waals surface area (Å²) in [6.07, 6.45) is 0. The van der Waals surface area contributed by atoms with Crippen molar-refractivity contribution in [2.75, 3.05) is 0 Å². The van der Waals surface area contributed by atoms with E-state index in [1.165, 1.54) is 16.3 Å². The van der Waals surface area contributed by atoms with Gasteiger partial charge in [-0.25, -0.2) is 4.98 Å². The lowest BCUT2D eigenvalue weighted by Crippen LogP contribution is -2.06. The molecule has 0 aliphatic rings. The summed E-state index contributed by atoms with van der Waals surface area (Å²) in [6, 6.07) is 74.5. The van der Waals surface area contributed by atoms with Crippen LogP contribution in [0.3, 0.4) is 0 Å². The lowest BCUT2D eigenvalue weighted by molar-refractivity contribution is 0.669. The van der Waals surface area contributed by atoms with Crippen LogP contribution in [0.4, 0.5) is 0 Å². The summed E-state index contributed by atoms with van der Waals surface area (Å²) in [5.41, 5.74) is 13.3. The largest absolute Gasteiger partial charge is 0.456 e. The molecule has 0 fully saturated rings. The Bertz CT molecular complexity index is 3920. The highest BCUT2D eigenvalue weighted by Crippen LogP contribution is 2.42. The van der Waals surface area contributed by atoms with Crippen LogP contribution in [-0.4, -0.2) is 24.1 Å². The normalized spacial score (nSPS) is 11.8. The number of aromatic nitrogens is 5. The Labute approximate surface area is 361 Å². The number of benzene rings is 9. The lowest BCUT2D eigenvalue weighted by atomic mass is 10.0. The molecular weight excluding hydrogens is 771 g/mol. The fourth-order valence-electron chi connectivity index (χ4n) is 9.50. The maximum absolute atomic E-state index is 6.38. The molecule has 4 aromatic heterocycles. The minimum Gasteiger partial charge on any atom is -0.456 e. The summed E-state index contributed by atoms with van der Waals surface area (Å²) in [6.45, 7) is 0. The van der Waals surface area contributed by atoms with Crippen LogP contribution in [0.5, 0.6) is 0 Å². The van der Waals surface area contributed by atoms with Gasteiger partial charge in [0.1, 0.15) is 11.2 Å². The molecule has 0 radical (unpaired) electrons. The minimum atomic E-state index is 0.532. The zero-order valence-electron chi connectivity index (χ0n) is 33.9. The van der Waals surface area contributed by atoms with Crippen LogP contribution in [0.1, 0.15) is 0 Å². The summed E-state index contributed by atoms with van der Waals surface area (Å²) in [7, 11) is 0. The van der Waals surface area contributed by atoms with Crippen molar-refractivity contribution in [2.45, 2.75) is 0 Å². The molecule has 0 saturated carbocycles. The van der Waals surface area contributed by atoms with Gasteiger partial charge in [0.05, 0.1) is 22.1 Å². The predicted octanol–water partition coefficient (Wildman–Crippen LogP) is 14.6. The smallest absolute Gasteiger partial charge is 0.238 e. The molecule has 6 heteroatoms. The molecule has 0 aliphatic heterocycles. The van der Waals surface area contributed by atoms with Gasteiger partial charge in [-0.15, -0.1) is 0 Å². The predicted molar refractivity (Wildman–Crippen MR) is 258 cm³/mol. The van der Waals surface area contributed by atoms with Gasteiger partial charge in [0.2, 0.25) is 5.95 Å². The number of nitrogens with zero attached hydrogens (tertiary/aromatic N) is 5. The summed E-state index contributed by atoms with van der Waals surface area (Å²) >= 11 is 0. The van der Waals surface area contributed by atoms with Gasteiger partial charge in [0.25, 0.3) is 0 Å². The van der Waals surface area contributed by atoms with Gasteiger partial charge in [0.15, 0.2) is 11.6 Å². The summed E-state index contributed by atoms with van der Waals surface area (Å²) in [4.78, 5) is 15.9. The van der Waals surface area contributed by atoms with Gasteiger partial charge in [-0.3, -0.25) is 4.57 Å². The Hall–Kier alpha value is -8.61. The van der Waals surface area contributed by atoms with Crippen molar-refractivity contribution in [3.8, 4) is 56.7 Å². The highest BCUT2D eigenvalue weighted by Gasteiger charge is 2.23. The van der Waals surface area contributed by atoms with Crippen molar-refractivity contribution in [2.24, 2.45) is 0 Å². The van der Waals surface area contributed by atoms with E-state index in [0.717, 1.165) is 88.3 Å². The van der Waals surface area contributed by atoms with Crippen molar-refractivity contribution in [3.05, 3.63) is 212 Å². The first-order valence-corrected chi connectivity index (χ1v) is 21.2. The van der Waals surface area contributed by atoms with Crippen molar-refractivity contribution < 1.29 is 4.42 Å². The molecule has 9 aromatic carbocycles. The van der Waals surface area contributed by atoms with E-state index in [4.69, 9.17) is 19.4 Å². The third-order valence-electron chi connectivity index (χ3n) is 12.4. The molecule has 0 spiro atoms. The van der Waals surface area contributed by atoms with Gasteiger partial charge < -0.3 is 8.98 Å². The molecule has 294 valence electrons. The highest BCUT2D eigenvalue weighted by molar-refractivity contribution is 6.26. The lowest BCUT2D eigenvalue weighted by Gasteiger charge is -2.12. The van der Waals surface area contributed by atoms with Crippen LogP contribution < -0.4 is 0 Å². The first-order chi connectivity index (χ1) is 31.2. The van der Waals surface area contributed by atoms with Crippen molar-refractivity contribution >= 4 is 65.6 Å². The van der Waals surface area contributed by atoms with Crippen LogP contribution in [-0.2, 0) is 0 Å². The number of para-hydroxylation sites is 3. The maximum Gasteiger partial charge on any atom is 0.238 e. The Morgan fingerprint density at radius 3 is 1.63 bits per heavy atom. The molecule has 63 heavy (non-hydrogen) atoms. The molecule has 0 amide bonds. The van der Waals surface area contributed by atoms with Crippen LogP contribution in [0.15, 0.2) is 217 Å². The Kier molecular flexibility index (Phi) is 7.80. The molecule has 0 N–H and O–H groups in total. The van der Waals surface area contributed by atoms with E-state index in [2.05, 4.69) is 197 Å². The van der Waals surface area contributed by atoms with E-state index in [-0.39, 0.29) is 0 Å². The Balaban J connectivity index is 1.09. The van der Waals surface area contributed by atoms with Gasteiger partial charge in [0, 0.05) is 49.1 Å². The average molecular weight is 806 g/mol. The molecular formula is C57H35N5O. The van der Waals surface area contributed by atoms with Crippen LogP contribution in [0, 0.1) is 0 Å². The third-order valence-corrected chi connectivity index (χ3v) is 12.4. The van der Waals surface area contributed by atoms with Crippen LogP contribution >= 0.6 is 0 Å². The molecule has 0 saturated heterocycles. The van der Waals surface area contributed by atoms with Gasteiger partial charge in [-0.05, 0) is 76.9 Å². The average Bonchev–Trinajstić information content (AvgIpc) is 4.02. The Morgan fingerprint density at radius 2 is 0.873 bits per heavy atom. The van der Waals surface area contributed by atoms with E-state index >= 15 is 0 Å².